The third-order valence-electron chi connectivity index (χ3n) is 2.73. The van der Waals surface area contributed by atoms with Gasteiger partial charge >= 0.3 is 0 Å². The first-order valence-corrected chi connectivity index (χ1v) is 8.36. The van der Waals surface area contributed by atoms with E-state index in [1.54, 1.807) is 36.4 Å². The molecule has 0 atom stereocenters. The van der Waals surface area contributed by atoms with Crippen LogP contribution in [0, 0.1) is 0 Å². The van der Waals surface area contributed by atoms with E-state index in [2.05, 4.69) is 0 Å². The summed E-state index contributed by atoms with van der Waals surface area (Å²) in [6.07, 6.45) is -0.314. The number of phenols is 1. The minimum Gasteiger partial charge on any atom is -0.508 e. The SMILES string of the molecule is CCOC(COc1ccc(Cl)cc1)OCC.Oc1ccc(Cl)cc1. The second-order valence-corrected chi connectivity index (χ2v) is 5.45. The van der Waals surface area contributed by atoms with E-state index in [1.165, 1.54) is 0 Å². The lowest BCUT2D eigenvalue weighted by Crippen LogP contribution is -2.25. The van der Waals surface area contributed by atoms with Crippen molar-refractivity contribution in [2.75, 3.05) is 19.8 Å². The molecule has 0 heterocycles. The summed E-state index contributed by atoms with van der Waals surface area (Å²) < 4.78 is 16.2. The van der Waals surface area contributed by atoms with Gasteiger partial charge in [0.1, 0.15) is 18.1 Å². The molecule has 6 heteroatoms. The average molecular weight is 373 g/mol. The fourth-order valence-electron chi connectivity index (χ4n) is 1.65. The van der Waals surface area contributed by atoms with Gasteiger partial charge in [-0.05, 0) is 62.4 Å². The van der Waals surface area contributed by atoms with Crippen LogP contribution in [0.25, 0.3) is 0 Å². The maximum absolute atomic E-state index is 8.70. The Morgan fingerprint density at radius 1 is 0.833 bits per heavy atom. The molecule has 4 nitrogen and oxygen atoms in total. The second-order valence-electron chi connectivity index (χ2n) is 4.58. The minimum atomic E-state index is -0.314. The molecule has 0 aromatic heterocycles. The minimum absolute atomic E-state index is 0.245. The van der Waals surface area contributed by atoms with Crippen LogP contribution < -0.4 is 4.74 Å². The molecule has 0 fully saturated rings. The third kappa shape index (κ3) is 8.99. The zero-order chi connectivity index (χ0) is 17.8. The normalized spacial score (nSPS) is 10.2. The van der Waals surface area contributed by atoms with Gasteiger partial charge in [0.2, 0.25) is 0 Å². The van der Waals surface area contributed by atoms with Crippen molar-refractivity contribution in [3.05, 3.63) is 58.6 Å². The molecule has 0 aliphatic rings. The van der Waals surface area contributed by atoms with Crippen molar-refractivity contribution in [2.24, 2.45) is 0 Å². The smallest absolute Gasteiger partial charge is 0.191 e. The van der Waals surface area contributed by atoms with E-state index in [0.29, 0.717) is 29.9 Å². The highest BCUT2D eigenvalue weighted by Gasteiger charge is 2.08. The molecule has 24 heavy (non-hydrogen) atoms. The Labute approximate surface area is 152 Å². The average Bonchev–Trinajstić information content (AvgIpc) is 2.58. The Morgan fingerprint density at radius 2 is 1.29 bits per heavy atom. The van der Waals surface area contributed by atoms with Crippen molar-refractivity contribution >= 4 is 23.2 Å². The molecule has 132 valence electrons. The van der Waals surface area contributed by atoms with Gasteiger partial charge in [-0.2, -0.15) is 0 Å². The molecular formula is C18H22Cl2O4. The highest BCUT2D eigenvalue weighted by Crippen LogP contribution is 2.16. The van der Waals surface area contributed by atoms with E-state index >= 15 is 0 Å². The molecule has 2 rings (SSSR count). The summed E-state index contributed by atoms with van der Waals surface area (Å²) in [5, 5.41) is 10.0. The first kappa shape index (κ1) is 20.6. The number of phenolic OH excluding ortho intramolecular Hbond substituents is 1. The number of halogens is 2. The van der Waals surface area contributed by atoms with Crippen LogP contribution >= 0.6 is 23.2 Å². The number of rotatable bonds is 7. The van der Waals surface area contributed by atoms with Crippen LogP contribution in [0.5, 0.6) is 11.5 Å². The van der Waals surface area contributed by atoms with Crippen molar-refractivity contribution in [1.29, 1.82) is 0 Å². The molecule has 0 spiro atoms. The number of hydrogen-bond donors (Lipinski definition) is 1. The molecule has 0 saturated carbocycles. The summed E-state index contributed by atoms with van der Waals surface area (Å²) in [4.78, 5) is 0. The highest BCUT2D eigenvalue weighted by molar-refractivity contribution is 6.30. The number of hydrogen-bond acceptors (Lipinski definition) is 4. The molecule has 0 bridgehead atoms. The monoisotopic (exact) mass is 372 g/mol. The molecule has 0 saturated heterocycles. The van der Waals surface area contributed by atoms with Gasteiger partial charge in [0, 0.05) is 23.3 Å². The van der Waals surface area contributed by atoms with Crippen LogP contribution in [0.1, 0.15) is 13.8 Å². The quantitative estimate of drug-likeness (QED) is 0.681. The maximum atomic E-state index is 8.70. The topological polar surface area (TPSA) is 47.9 Å². The standard InChI is InChI=1S/C12H17ClO3.C6H5ClO/c1-3-14-12(15-4-2)9-16-11-7-5-10(13)6-8-11;7-5-1-3-6(8)4-2-5/h5-8,12H,3-4,9H2,1-2H3;1-4,8H. The molecule has 1 N–H and O–H groups in total. The van der Waals surface area contributed by atoms with E-state index < -0.39 is 0 Å². The fraction of sp³-hybridized carbons (Fsp3) is 0.333. The van der Waals surface area contributed by atoms with Crippen LogP contribution in [0.2, 0.25) is 10.0 Å². The van der Waals surface area contributed by atoms with Gasteiger partial charge < -0.3 is 19.3 Å². The van der Waals surface area contributed by atoms with Gasteiger partial charge in [-0.1, -0.05) is 23.2 Å². The molecular weight excluding hydrogens is 351 g/mol. The van der Waals surface area contributed by atoms with E-state index in [-0.39, 0.29) is 12.0 Å². The van der Waals surface area contributed by atoms with Crippen LogP contribution in [0.15, 0.2) is 48.5 Å². The fourth-order valence-corrected chi connectivity index (χ4v) is 1.90. The molecule has 0 aliphatic carbocycles. The van der Waals surface area contributed by atoms with Crippen molar-refractivity contribution in [3.63, 3.8) is 0 Å². The number of benzene rings is 2. The van der Waals surface area contributed by atoms with Gasteiger partial charge in [0.05, 0.1) is 0 Å². The van der Waals surface area contributed by atoms with Crippen molar-refractivity contribution < 1.29 is 19.3 Å². The number of ether oxygens (including phenoxy) is 3. The van der Waals surface area contributed by atoms with Gasteiger partial charge in [-0.25, -0.2) is 0 Å². The van der Waals surface area contributed by atoms with Crippen LogP contribution in [0.3, 0.4) is 0 Å². The predicted octanol–water partition coefficient (Wildman–Crippen LogP) is 5.16. The summed E-state index contributed by atoms with van der Waals surface area (Å²) in [5.41, 5.74) is 0. The summed E-state index contributed by atoms with van der Waals surface area (Å²) in [5.74, 6) is 1.00. The first-order valence-electron chi connectivity index (χ1n) is 7.61. The third-order valence-corrected chi connectivity index (χ3v) is 3.24. The van der Waals surface area contributed by atoms with Crippen molar-refractivity contribution in [2.45, 2.75) is 20.1 Å². The molecule has 2 aromatic carbocycles. The van der Waals surface area contributed by atoms with Gasteiger partial charge in [0.25, 0.3) is 0 Å². The second kappa shape index (κ2) is 12.0. The summed E-state index contributed by atoms with van der Waals surface area (Å²) >= 11 is 11.3. The Morgan fingerprint density at radius 3 is 1.71 bits per heavy atom. The van der Waals surface area contributed by atoms with Crippen LogP contribution in [0.4, 0.5) is 0 Å². The Hall–Kier alpha value is -1.46. The predicted molar refractivity (Wildman–Crippen MR) is 97.1 cm³/mol. The van der Waals surface area contributed by atoms with Gasteiger partial charge in [-0.15, -0.1) is 0 Å². The first-order chi connectivity index (χ1) is 11.5. The Kier molecular flexibility index (Phi) is 10.3. The van der Waals surface area contributed by atoms with Gasteiger partial charge in [-0.3, -0.25) is 0 Å². The molecule has 0 unspecified atom stereocenters. The molecule has 0 radical (unpaired) electrons. The van der Waals surface area contributed by atoms with Crippen LogP contribution in [-0.4, -0.2) is 31.2 Å². The van der Waals surface area contributed by atoms with E-state index in [1.807, 2.05) is 26.0 Å². The summed E-state index contributed by atoms with van der Waals surface area (Å²) in [6.45, 7) is 5.44. The van der Waals surface area contributed by atoms with Crippen molar-refractivity contribution in [3.8, 4) is 11.5 Å². The van der Waals surface area contributed by atoms with Gasteiger partial charge in [0.15, 0.2) is 6.29 Å². The Balaban J connectivity index is 0.000000300. The van der Waals surface area contributed by atoms with E-state index in [9.17, 15) is 0 Å². The lowest BCUT2D eigenvalue weighted by molar-refractivity contribution is -0.152. The Bertz CT molecular complexity index is 531. The van der Waals surface area contributed by atoms with Crippen molar-refractivity contribution in [1.82, 2.24) is 0 Å². The summed E-state index contributed by atoms with van der Waals surface area (Å²) in [7, 11) is 0. The molecule has 0 aliphatic heterocycles. The maximum Gasteiger partial charge on any atom is 0.191 e. The highest BCUT2D eigenvalue weighted by atomic mass is 35.5. The van der Waals surface area contributed by atoms with Crippen LogP contribution in [-0.2, 0) is 9.47 Å². The largest absolute Gasteiger partial charge is 0.508 e. The van der Waals surface area contributed by atoms with E-state index in [4.69, 9.17) is 42.5 Å². The lowest BCUT2D eigenvalue weighted by Gasteiger charge is -2.17. The summed E-state index contributed by atoms with van der Waals surface area (Å²) in [6, 6.07) is 13.6. The zero-order valence-corrected chi connectivity index (χ0v) is 15.3. The lowest BCUT2D eigenvalue weighted by atomic mass is 10.3. The van der Waals surface area contributed by atoms with E-state index in [0.717, 1.165) is 5.75 Å². The molecule has 0 amide bonds. The zero-order valence-electron chi connectivity index (χ0n) is 13.7. The number of aromatic hydroxyl groups is 1. The molecule has 2 aromatic rings.